The van der Waals surface area contributed by atoms with Gasteiger partial charge in [0.25, 0.3) is 0 Å². The van der Waals surface area contributed by atoms with Crippen LogP contribution in [0.25, 0.3) is 0 Å². The molecule has 0 unspecified atom stereocenters. The van der Waals surface area contributed by atoms with E-state index in [1.165, 1.54) is 0 Å². The van der Waals surface area contributed by atoms with E-state index < -0.39 is 0 Å². The molecule has 0 aromatic heterocycles. The molecule has 4 aromatic carbocycles. The molecule has 26 heavy (non-hydrogen) atoms. The third-order valence-corrected chi connectivity index (χ3v) is 3.14. The predicted octanol–water partition coefficient (Wildman–Crippen LogP) is 5.99. The Kier molecular flexibility index (Phi) is 21.0. The third kappa shape index (κ3) is 17.6. The summed E-state index contributed by atoms with van der Waals surface area (Å²) >= 11 is 9.62. The molecule has 0 spiro atoms. The number of rotatable bonds is 0. The van der Waals surface area contributed by atoms with Gasteiger partial charge in [-0.1, -0.05) is 60.7 Å². The van der Waals surface area contributed by atoms with E-state index in [0.29, 0.717) is 0 Å². The number of hydrogen-bond acceptors (Lipinski definition) is 2. The van der Waals surface area contributed by atoms with E-state index >= 15 is 0 Å². The zero-order chi connectivity index (χ0) is 17.3. The standard InChI is InChI=1S/2C6H6S.2C5H5.2Rh/c2*7-6-4-2-1-3-5-6;2*1-2-4-5-3-1;;/h2*1-5,7H;2*1-5H;;/q;;2*-1;;/p-2. The quantitative estimate of drug-likeness (QED) is 0.149. The smallest absolute Gasteiger partial charge is 0 e. The molecule has 0 heterocycles. The van der Waals surface area contributed by atoms with Gasteiger partial charge in [-0.15, -0.1) is 0 Å². The van der Waals surface area contributed by atoms with Gasteiger partial charge in [-0.3, -0.25) is 0 Å². The average molecular weight is 554 g/mol. The van der Waals surface area contributed by atoms with Gasteiger partial charge in [-0.05, 0) is 0 Å². The van der Waals surface area contributed by atoms with E-state index in [1.807, 2.05) is 121 Å². The molecule has 4 heteroatoms. The van der Waals surface area contributed by atoms with Crippen LogP contribution in [0.4, 0.5) is 0 Å². The van der Waals surface area contributed by atoms with E-state index in [9.17, 15) is 0 Å². The first kappa shape index (κ1) is 27.0. The molecule has 0 saturated carbocycles. The van der Waals surface area contributed by atoms with Crippen LogP contribution in [-0.2, 0) is 64.2 Å². The molecule has 0 amide bonds. The molecule has 0 aliphatic heterocycles. The molecule has 0 N–H and O–H groups in total. The molecule has 2 radical (unpaired) electrons. The van der Waals surface area contributed by atoms with Crippen molar-refractivity contribution in [1.29, 1.82) is 0 Å². The zero-order valence-corrected chi connectivity index (χ0v) is 18.9. The molecule has 0 nitrogen and oxygen atoms in total. The van der Waals surface area contributed by atoms with E-state index in [4.69, 9.17) is 25.3 Å². The molecular formula is C22H20Rh2S2-4. The molecule has 4 rings (SSSR count). The first-order valence-electron chi connectivity index (χ1n) is 7.56. The molecule has 0 aliphatic rings. The minimum Gasteiger partial charge on any atom is -0.780 e. The number of benzene rings is 2. The van der Waals surface area contributed by atoms with Gasteiger partial charge in [0, 0.05) is 39.0 Å². The fourth-order valence-electron chi connectivity index (χ4n) is 1.48. The van der Waals surface area contributed by atoms with E-state index in [1.54, 1.807) is 0 Å². The second-order valence-electron chi connectivity index (χ2n) is 4.55. The van der Waals surface area contributed by atoms with Crippen LogP contribution in [0.3, 0.4) is 0 Å². The molecule has 142 valence electrons. The Morgan fingerprint density at radius 1 is 0.423 bits per heavy atom. The monoisotopic (exact) mass is 554 g/mol. The summed E-state index contributed by atoms with van der Waals surface area (Å²) in [5.74, 6) is 0. The van der Waals surface area contributed by atoms with Gasteiger partial charge in [0.15, 0.2) is 0 Å². The Balaban J connectivity index is 0. The molecule has 0 atom stereocenters. The molecule has 0 fully saturated rings. The second-order valence-corrected chi connectivity index (χ2v) is 5.49. The minimum absolute atomic E-state index is 0. The molecule has 4 aromatic rings. The van der Waals surface area contributed by atoms with Crippen molar-refractivity contribution in [3.63, 3.8) is 0 Å². The Morgan fingerprint density at radius 3 is 0.808 bits per heavy atom. The van der Waals surface area contributed by atoms with Crippen LogP contribution in [0.5, 0.6) is 0 Å². The molecule has 0 saturated heterocycles. The van der Waals surface area contributed by atoms with Crippen molar-refractivity contribution in [3.8, 4) is 0 Å². The summed E-state index contributed by atoms with van der Waals surface area (Å²) in [5.41, 5.74) is 0. The Labute approximate surface area is 194 Å². The van der Waals surface area contributed by atoms with E-state index in [0.717, 1.165) is 9.79 Å². The maximum Gasteiger partial charge on any atom is 0 e. The minimum atomic E-state index is 0. The number of hydrogen-bond donors (Lipinski definition) is 0. The Bertz CT molecular complexity index is 581. The van der Waals surface area contributed by atoms with Crippen LogP contribution in [0.15, 0.2) is 131 Å². The average Bonchev–Trinajstić information content (AvgIpc) is 3.36. The predicted molar refractivity (Wildman–Crippen MR) is 108 cm³/mol. The van der Waals surface area contributed by atoms with Crippen molar-refractivity contribution in [2.75, 3.05) is 0 Å². The summed E-state index contributed by atoms with van der Waals surface area (Å²) in [5, 5.41) is 0. The zero-order valence-electron chi connectivity index (χ0n) is 14.0. The van der Waals surface area contributed by atoms with Crippen molar-refractivity contribution in [1.82, 2.24) is 0 Å². The Morgan fingerprint density at radius 2 is 0.692 bits per heavy atom. The van der Waals surface area contributed by atoms with Crippen LogP contribution in [-0.4, -0.2) is 0 Å². The van der Waals surface area contributed by atoms with Crippen LogP contribution < -0.4 is 0 Å². The van der Waals surface area contributed by atoms with Gasteiger partial charge in [0.1, 0.15) is 0 Å². The summed E-state index contributed by atoms with van der Waals surface area (Å²) in [6, 6.07) is 39.2. The third-order valence-electron chi connectivity index (χ3n) is 2.60. The fourth-order valence-corrected chi connectivity index (χ4v) is 1.80. The first-order valence-corrected chi connectivity index (χ1v) is 8.38. The van der Waals surface area contributed by atoms with Crippen molar-refractivity contribution in [3.05, 3.63) is 121 Å². The summed E-state index contributed by atoms with van der Waals surface area (Å²) in [4.78, 5) is 1.81. The summed E-state index contributed by atoms with van der Waals surface area (Å²) in [6.45, 7) is 0. The van der Waals surface area contributed by atoms with Gasteiger partial charge in [-0.25, -0.2) is 24.3 Å². The van der Waals surface area contributed by atoms with Crippen LogP contribution >= 0.6 is 0 Å². The molecular weight excluding hydrogens is 534 g/mol. The van der Waals surface area contributed by atoms with Crippen LogP contribution in [0.1, 0.15) is 0 Å². The van der Waals surface area contributed by atoms with Crippen molar-refractivity contribution in [2.24, 2.45) is 0 Å². The largest absolute Gasteiger partial charge is 0.780 e. The van der Waals surface area contributed by atoms with E-state index in [-0.39, 0.29) is 39.0 Å². The fraction of sp³-hybridized carbons (Fsp3) is 0. The summed E-state index contributed by atoms with van der Waals surface area (Å²) in [6.07, 6.45) is 0. The van der Waals surface area contributed by atoms with E-state index in [2.05, 4.69) is 0 Å². The van der Waals surface area contributed by atoms with Gasteiger partial charge >= 0.3 is 0 Å². The summed E-state index contributed by atoms with van der Waals surface area (Å²) < 4.78 is 0. The maximum atomic E-state index is 4.81. The Hall–Kier alpha value is -1.17. The van der Waals surface area contributed by atoms with Gasteiger partial charge in [0.2, 0.25) is 0 Å². The molecule has 0 bridgehead atoms. The molecule has 0 aliphatic carbocycles. The second kappa shape index (κ2) is 20.1. The van der Waals surface area contributed by atoms with Crippen molar-refractivity contribution in [2.45, 2.75) is 9.79 Å². The van der Waals surface area contributed by atoms with Crippen molar-refractivity contribution < 1.29 is 39.0 Å². The SMILES string of the molecule is [Rh].[Rh].[S-]c1ccccc1.[S-]c1ccccc1.c1cc[cH-]c1.c1cc[cH-]c1. The normalized spacial score (nSPS) is 7.69. The first-order chi connectivity index (χ1) is 11.8. The van der Waals surface area contributed by atoms with Crippen LogP contribution in [0.2, 0.25) is 0 Å². The van der Waals surface area contributed by atoms with Gasteiger partial charge in [-0.2, -0.15) is 46.2 Å². The van der Waals surface area contributed by atoms with Gasteiger partial charge in [0.05, 0.1) is 0 Å². The maximum absolute atomic E-state index is 4.81. The van der Waals surface area contributed by atoms with Crippen molar-refractivity contribution >= 4 is 25.3 Å². The topological polar surface area (TPSA) is 0 Å². The van der Waals surface area contributed by atoms with Gasteiger partial charge < -0.3 is 25.3 Å². The summed E-state index contributed by atoms with van der Waals surface area (Å²) in [7, 11) is 0. The van der Waals surface area contributed by atoms with Crippen LogP contribution in [0, 0.1) is 0 Å².